The second kappa shape index (κ2) is 6.45. The first-order chi connectivity index (χ1) is 9.70. The van der Waals surface area contributed by atoms with Crippen molar-refractivity contribution in [3.8, 4) is 0 Å². The molecule has 2 aromatic rings. The van der Waals surface area contributed by atoms with Crippen molar-refractivity contribution < 1.29 is 9.18 Å². The summed E-state index contributed by atoms with van der Waals surface area (Å²) in [5, 5.41) is 0.801. The number of nitrogens with two attached hydrogens (primary N) is 1. The van der Waals surface area contributed by atoms with E-state index in [1.54, 1.807) is 6.07 Å². The minimum atomic E-state index is -0.345. The molecule has 0 radical (unpaired) electrons. The zero-order valence-corrected chi connectivity index (χ0v) is 12.4. The molecule has 1 amide bonds. The molecular formula is C15H19ClFN3O. The van der Waals surface area contributed by atoms with Gasteiger partial charge < -0.3 is 4.98 Å². The van der Waals surface area contributed by atoms with Crippen LogP contribution < -0.4 is 11.3 Å². The van der Waals surface area contributed by atoms with E-state index in [0.29, 0.717) is 11.6 Å². The molecule has 0 atom stereocenters. The van der Waals surface area contributed by atoms with Crippen molar-refractivity contribution in [3.63, 3.8) is 0 Å². The molecular weight excluding hydrogens is 293 g/mol. The van der Waals surface area contributed by atoms with Gasteiger partial charge in [-0.2, -0.15) is 0 Å². The standard InChI is InChI=1S/C15H18FN3O.ClH/c16-10-6-7-12-11(8-10)13(9-4-2-1-3-5-9)14(18-12)15(20)19-17;/h6-9,18H,1-5,17H2,(H,19,20);1H. The van der Waals surface area contributed by atoms with Crippen LogP contribution in [0.5, 0.6) is 0 Å². The first kappa shape index (κ1) is 15.8. The van der Waals surface area contributed by atoms with E-state index in [1.165, 1.54) is 18.6 Å². The predicted molar refractivity (Wildman–Crippen MR) is 83.0 cm³/mol. The number of carbonyl (C=O) groups excluding carboxylic acids is 1. The maximum absolute atomic E-state index is 13.5. The fourth-order valence-electron chi connectivity index (χ4n) is 3.25. The molecule has 1 aliphatic carbocycles. The number of nitrogens with one attached hydrogen (secondary N) is 2. The Morgan fingerprint density at radius 1 is 1.29 bits per heavy atom. The number of H-pyrrole nitrogens is 1. The van der Waals surface area contributed by atoms with Gasteiger partial charge in [-0.1, -0.05) is 19.3 Å². The molecule has 21 heavy (non-hydrogen) atoms. The second-order valence-corrected chi connectivity index (χ2v) is 5.41. The van der Waals surface area contributed by atoms with Gasteiger partial charge in [0.05, 0.1) is 0 Å². The summed E-state index contributed by atoms with van der Waals surface area (Å²) in [7, 11) is 0. The van der Waals surface area contributed by atoms with Gasteiger partial charge in [-0.05, 0) is 42.5 Å². The molecule has 1 fully saturated rings. The largest absolute Gasteiger partial charge is 0.350 e. The van der Waals surface area contributed by atoms with Crippen LogP contribution in [0.15, 0.2) is 18.2 Å². The smallest absolute Gasteiger partial charge is 0.281 e. The number of benzene rings is 1. The molecule has 1 heterocycles. The normalized spacial score (nSPS) is 15.7. The van der Waals surface area contributed by atoms with Crippen molar-refractivity contribution >= 4 is 29.2 Å². The second-order valence-electron chi connectivity index (χ2n) is 5.41. The van der Waals surface area contributed by atoms with Crippen molar-refractivity contribution in [1.29, 1.82) is 0 Å². The lowest BCUT2D eigenvalue weighted by Gasteiger charge is -2.22. The van der Waals surface area contributed by atoms with Crippen LogP contribution in [0, 0.1) is 5.82 Å². The van der Waals surface area contributed by atoms with E-state index in [0.717, 1.165) is 42.1 Å². The van der Waals surface area contributed by atoms with Gasteiger partial charge in [0.1, 0.15) is 11.5 Å². The first-order valence-electron chi connectivity index (χ1n) is 7.02. The molecule has 0 unspecified atom stereocenters. The molecule has 0 spiro atoms. The molecule has 4 nitrogen and oxygen atoms in total. The number of carbonyl (C=O) groups is 1. The number of hydrogen-bond acceptors (Lipinski definition) is 2. The predicted octanol–water partition coefficient (Wildman–Crippen LogP) is 3.38. The molecule has 1 aromatic carbocycles. The molecule has 6 heteroatoms. The number of aromatic nitrogens is 1. The highest BCUT2D eigenvalue weighted by molar-refractivity contribution is 6.01. The fraction of sp³-hybridized carbons (Fsp3) is 0.400. The molecule has 0 bridgehead atoms. The van der Waals surface area contributed by atoms with Crippen molar-refractivity contribution in [3.05, 3.63) is 35.3 Å². The molecule has 1 aromatic heterocycles. The van der Waals surface area contributed by atoms with Crippen LogP contribution in [0.2, 0.25) is 0 Å². The Balaban J connectivity index is 0.00000161. The van der Waals surface area contributed by atoms with Gasteiger partial charge in [0, 0.05) is 10.9 Å². The lowest BCUT2D eigenvalue weighted by molar-refractivity contribution is 0.0947. The van der Waals surface area contributed by atoms with Crippen molar-refractivity contribution in [2.45, 2.75) is 38.0 Å². The van der Waals surface area contributed by atoms with Crippen molar-refractivity contribution in [2.75, 3.05) is 0 Å². The Hall–Kier alpha value is -1.59. The Bertz CT molecular complexity index is 650. The monoisotopic (exact) mass is 311 g/mol. The van der Waals surface area contributed by atoms with Crippen LogP contribution in [-0.2, 0) is 0 Å². The van der Waals surface area contributed by atoms with Crippen molar-refractivity contribution in [2.24, 2.45) is 5.84 Å². The number of amides is 1. The highest BCUT2D eigenvalue weighted by atomic mass is 35.5. The average molecular weight is 312 g/mol. The summed E-state index contributed by atoms with van der Waals surface area (Å²) in [6.45, 7) is 0. The number of aromatic amines is 1. The van der Waals surface area contributed by atoms with E-state index in [1.807, 2.05) is 0 Å². The summed E-state index contributed by atoms with van der Waals surface area (Å²) in [6, 6.07) is 4.57. The van der Waals surface area contributed by atoms with Gasteiger partial charge in [0.2, 0.25) is 0 Å². The third-order valence-electron chi connectivity index (χ3n) is 4.17. The van der Waals surface area contributed by atoms with Gasteiger partial charge in [-0.25, -0.2) is 10.2 Å². The quantitative estimate of drug-likeness (QED) is 0.452. The topological polar surface area (TPSA) is 70.9 Å². The number of rotatable bonds is 2. The minimum absolute atomic E-state index is 0. The van der Waals surface area contributed by atoms with Crippen LogP contribution >= 0.6 is 12.4 Å². The Morgan fingerprint density at radius 2 is 2.00 bits per heavy atom. The molecule has 0 saturated heterocycles. The third-order valence-corrected chi connectivity index (χ3v) is 4.17. The molecule has 0 aliphatic heterocycles. The molecule has 114 valence electrons. The fourth-order valence-corrected chi connectivity index (χ4v) is 3.25. The first-order valence-corrected chi connectivity index (χ1v) is 7.02. The van der Waals surface area contributed by atoms with Gasteiger partial charge in [0.15, 0.2) is 0 Å². The van der Waals surface area contributed by atoms with E-state index in [-0.39, 0.29) is 24.1 Å². The maximum Gasteiger partial charge on any atom is 0.281 e. The van der Waals surface area contributed by atoms with Gasteiger partial charge in [-0.15, -0.1) is 12.4 Å². The average Bonchev–Trinajstić information content (AvgIpc) is 2.85. The number of nitrogen functional groups attached to an aromatic ring is 1. The Kier molecular flexibility index (Phi) is 4.85. The van der Waals surface area contributed by atoms with E-state index in [2.05, 4.69) is 10.4 Å². The van der Waals surface area contributed by atoms with E-state index in [4.69, 9.17) is 5.84 Å². The molecule has 1 aliphatic rings. The minimum Gasteiger partial charge on any atom is -0.350 e. The van der Waals surface area contributed by atoms with Crippen LogP contribution in [0.3, 0.4) is 0 Å². The van der Waals surface area contributed by atoms with E-state index < -0.39 is 0 Å². The Morgan fingerprint density at radius 3 is 2.67 bits per heavy atom. The van der Waals surface area contributed by atoms with Crippen LogP contribution in [0.25, 0.3) is 10.9 Å². The highest BCUT2D eigenvalue weighted by Gasteiger charge is 2.25. The van der Waals surface area contributed by atoms with Crippen molar-refractivity contribution in [1.82, 2.24) is 10.4 Å². The number of hydrazine groups is 1. The summed E-state index contributed by atoms with van der Waals surface area (Å²) in [5.74, 6) is 4.93. The van der Waals surface area contributed by atoms with Crippen LogP contribution in [0.4, 0.5) is 4.39 Å². The zero-order chi connectivity index (χ0) is 14.1. The zero-order valence-electron chi connectivity index (χ0n) is 11.6. The van der Waals surface area contributed by atoms with E-state index >= 15 is 0 Å². The lowest BCUT2D eigenvalue weighted by atomic mass is 9.82. The lowest BCUT2D eigenvalue weighted by Crippen LogP contribution is -2.31. The molecule has 4 N–H and O–H groups in total. The molecule has 3 rings (SSSR count). The summed E-state index contributed by atoms with van der Waals surface area (Å²) in [5.41, 5.74) is 4.35. The highest BCUT2D eigenvalue weighted by Crippen LogP contribution is 2.38. The van der Waals surface area contributed by atoms with Crippen LogP contribution in [-0.4, -0.2) is 10.9 Å². The summed E-state index contributed by atoms with van der Waals surface area (Å²) < 4.78 is 13.5. The summed E-state index contributed by atoms with van der Waals surface area (Å²) in [4.78, 5) is 15.1. The SMILES string of the molecule is Cl.NNC(=O)c1[nH]c2ccc(F)cc2c1C1CCCCC1. The maximum atomic E-state index is 13.5. The number of fused-ring (bicyclic) bond motifs is 1. The van der Waals surface area contributed by atoms with E-state index in [9.17, 15) is 9.18 Å². The van der Waals surface area contributed by atoms with Gasteiger partial charge in [-0.3, -0.25) is 10.2 Å². The van der Waals surface area contributed by atoms with Gasteiger partial charge in [0.25, 0.3) is 5.91 Å². The summed E-state index contributed by atoms with van der Waals surface area (Å²) >= 11 is 0. The Labute approximate surface area is 128 Å². The molecule has 1 saturated carbocycles. The number of hydrogen-bond donors (Lipinski definition) is 3. The van der Waals surface area contributed by atoms with Gasteiger partial charge >= 0.3 is 0 Å². The third kappa shape index (κ3) is 2.89. The summed E-state index contributed by atoms with van der Waals surface area (Å²) in [6.07, 6.45) is 5.60. The number of halogens is 2. The van der Waals surface area contributed by atoms with Crippen LogP contribution in [0.1, 0.15) is 54.1 Å².